The maximum absolute atomic E-state index is 12.8. The smallest absolute Gasteiger partial charge is 0.254 e. The van der Waals surface area contributed by atoms with Gasteiger partial charge in [0.1, 0.15) is 17.5 Å². The highest BCUT2D eigenvalue weighted by molar-refractivity contribution is 6.03. The van der Waals surface area contributed by atoms with Crippen LogP contribution in [-0.4, -0.2) is 50.1 Å². The third kappa shape index (κ3) is 3.35. The lowest BCUT2D eigenvalue weighted by atomic mass is 10.1. The van der Waals surface area contributed by atoms with Crippen LogP contribution in [0.5, 0.6) is 11.5 Å². The van der Waals surface area contributed by atoms with E-state index >= 15 is 0 Å². The number of anilines is 1. The number of carbonyl (C=O) groups is 2. The molecule has 3 rings (SSSR count). The van der Waals surface area contributed by atoms with Gasteiger partial charge in [0.2, 0.25) is 5.91 Å². The van der Waals surface area contributed by atoms with Gasteiger partial charge in [0.05, 0.1) is 14.2 Å². The molecule has 136 valence electrons. The van der Waals surface area contributed by atoms with E-state index in [0.29, 0.717) is 30.2 Å². The van der Waals surface area contributed by atoms with Crippen LogP contribution >= 0.6 is 0 Å². The molecule has 26 heavy (non-hydrogen) atoms. The number of ether oxygens (including phenoxy) is 2. The van der Waals surface area contributed by atoms with E-state index in [2.05, 4.69) is 0 Å². The van der Waals surface area contributed by atoms with Crippen molar-refractivity contribution in [3.05, 3.63) is 54.1 Å². The van der Waals surface area contributed by atoms with E-state index in [1.54, 1.807) is 55.2 Å². The van der Waals surface area contributed by atoms with Crippen molar-refractivity contribution in [2.24, 2.45) is 0 Å². The Labute approximate surface area is 152 Å². The topological polar surface area (TPSA) is 59.1 Å². The molecule has 1 aliphatic heterocycles. The zero-order valence-electron chi connectivity index (χ0n) is 15.1. The van der Waals surface area contributed by atoms with Crippen molar-refractivity contribution in [2.75, 3.05) is 32.2 Å². The summed E-state index contributed by atoms with van der Waals surface area (Å²) in [5.74, 6) is 1.12. The molecule has 0 aliphatic carbocycles. The van der Waals surface area contributed by atoms with Crippen LogP contribution in [-0.2, 0) is 4.79 Å². The molecule has 2 aromatic rings. The van der Waals surface area contributed by atoms with Crippen molar-refractivity contribution in [2.45, 2.75) is 13.0 Å². The molecule has 1 unspecified atom stereocenters. The highest BCUT2D eigenvalue weighted by Gasteiger charge is 2.35. The van der Waals surface area contributed by atoms with Gasteiger partial charge in [-0.25, -0.2) is 0 Å². The van der Waals surface area contributed by atoms with Crippen molar-refractivity contribution in [1.29, 1.82) is 0 Å². The van der Waals surface area contributed by atoms with Crippen LogP contribution in [0.2, 0.25) is 0 Å². The van der Waals surface area contributed by atoms with E-state index in [0.717, 1.165) is 5.69 Å². The summed E-state index contributed by atoms with van der Waals surface area (Å²) in [6.07, 6.45) is 0. The molecule has 2 amide bonds. The summed E-state index contributed by atoms with van der Waals surface area (Å²) >= 11 is 0. The molecular formula is C20H22N2O4. The van der Waals surface area contributed by atoms with Crippen LogP contribution < -0.4 is 14.4 Å². The van der Waals surface area contributed by atoms with Gasteiger partial charge in [-0.3, -0.25) is 9.59 Å². The number of nitrogens with zero attached hydrogens (tertiary/aromatic N) is 2. The van der Waals surface area contributed by atoms with Crippen molar-refractivity contribution in [1.82, 2.24) is 4.90 Å². The number of rotatable bonds is 4. The highest BCUT2D eigenvalue weighted by Crippen LogP contribution is 2.25. The molecule has 6 nitrogen and oxygen atoms in total. The Morgan fingerprint density at radius 3 is 2.35 bits per heavy atom. The van der Waals surface area contributed by atoms with Gasteiger partial charge < -0.3 is 19.3 Å². The molecule has 1 atom stereocenters. The number of carbonyl (C=O) groups excluding carboxylic acids is 2. The molecule has 1 heterocycles. The lowest BCUT2D eigenvalue weighted by molar-refractivity contribution is -0.124. The van der Waals surface area contributed by atoms with Gasteiger partial charge in [-0.1, -0.05) is 6.07 Å². The second-order valence-electron chi connectivity index (χ2n) is 6.09. The average molecular weight is 354 g/mol. The number of hydrogen-bond donors (Lipinski definition) is 0. The molecule has 2 aromatic carbocycles. The van der Waals surface area contributed by atoms with E-state index < -0.39 is 6.04 Å². The summed E-state index contributed by atoms with van der Waals surface area (Å²) in [4.78, 5) is 28.9. The van der Waals surface area contributed by atoms with Crippen LogP contribution in [0, 0.1) is 0 Å². The monoisotopic (exact) mass is 354 g/mol. The third-order valence-electron chi connectivity index (χ3n) is 4.62. The van der Waals surface area contributed by atoms with Gasteiger partial charge in [-0.2, -0.15) is 0 Å². The van der Waals surface area contributed by atoms with Crippen LogP contribution in [0.25, 0.3) is 0 Å². The first-order valence-corrected chi connectivity index (χ1v) is 8.45. The Balaban J connectivity index is 1.77. The predicted octanol–water partition coefficient (Wildman–Crippen LogP) is 2.58. The normalized spacial score (nSPS) is 17.2. The lowest BCUT2D eigenvalue weighted by Crippen LogP contribution is -2.57. The number of amides is 2. The van der Waals surface area contributed by atoms with E-state index in [9.17, 15) is 9.59 Å². The standard InChI is InChI=1S/C20H22N2O4/c1-14-19(23)22(16-5-4-6-18(13-16)26-3)12-11-21(14)20(24)15-7-9-17(25-2)10-8-15/h4-10,13-14H,11-12H2,1-3H3. The molecule has 0 N–H and O–H groups in total. The maximum atomic E-state index is 12.8. The Hall–Kier alpha value is -3.02. The van der Waals surface area contributed by atoms with Crippen molar-refractivity contribution >= 4 is 17.5 Å². The van der Waals surface area contributed by atoms with Gasteiger partial charge in [-0.15, -0.1) is 0 Å². The summed E-state index contributed by atoms with van der Waals surface area (Å²) in [5, 5.41) is 0. The van der Waals surface area contributed by atoms with Crippen LogP contribution in [0.3, 0.4) is 0 Å². The summed E-state index contributed by atoms with van der Waals surface area (Å²) < 4.78 is 10.3. The minimum Gasteiger partial charge on any atom is -0.497 e. The Kier molecular flexibility index (Phi) is 5.11. The molecule has 0 aromatic heterocycles. The van der Waals surface area contributed by atoms with Crippen LogP contribution in [0.1, 0.15) is 17.3 Å². The summed E-state index contributed by atoms with van der Waals surface area (Å²) in [5.41, 5.74) is 1.32. The van der Waals surface area contributed by atoms with Crippen molar-refractivity contribution in [3.63, 3.8) is 0 Å². The Morgan fingerprint density at radius 2 is 1.69 bits per heavy atom. The highest BCUT2D eigenvalue weighted by atomic mass is 16.5. The number of methoxy groups -OCH3 is 2. The summed E-state index contributed by atoms with van der Waals surface area (Å²) in [6.45, 7) is 2.67. The quantitative estimate of drug-likeness (QED) is 0.847. The van der Waals surface area contributed by atoms with Gasteiger partial charge in [0.25, 0.3) is 5.91 Å². The zero-order chi connectivity index (χ0) is 18.7. The van der Waals surface area contributed by atoms with E-state index in [4.69, 9.17) is 9.47 Å². The molecule has 6 heteroatoms. The number of piperazine rings is 1. The number of benzene rings is 2. The van der Waals surface area contributed by atoms with Gasteiger partial charge in [0, 0.05) is 30.4 Å². The largest absolute Gasteiger partial charge is 0.497 e. The maximum Gasteiger partial charge on any atom is 0.254 e. The zero-order valence-corrected chi connectivity index (χ0v) is 15.1. The molecule has 0 bridgehead atoms. The fraction of sp³-hybridized carbons (Fsp3) is 0.300. The minimum absolute atomic E-state index is 0.105. The Bertz CT molecular complexity index is 804. The SMILES string of the molecule is COc1ccc(C(=O)N2CCN(c3cccc(OC)c3)C(=O)C2C)cc1. The van der Waals surface area contributed by atoms with Crippen molar-refractivity contribution < 1.29 is 19.1 Å². The van der Waals surface area contributed by atoms with Gasteiger partial charge in [0.15, 0.2) is 0 Å². The number of hydrogen-bond acceptors (Lipinski definition) is 4. The predicted molar refractivity (Wildman–Crippen MR) is 98.8 cm³/mol. The van der Waals surface area contributed by atoms with Gasteiger partial charge >= 0.3 is 0 Å². The van der Waals surface area contributed by atoms with E-state index in [-0.39, 0.29) is 11.8 Å². The molecular weight excluding hydrogens is 332 g/mol. The van der Waals surface area contributed by atoms with Crippen LogP contribution in [0.15, 0.2) is 48.5 Å². The average Bonchev–Trinajstić information content (AvgIpc) is 2.69. The lowest BCUT2D eigenvalue weighted by Gasteiger charge is -2.39. The van der Waals surface area contributed by atoms with Gasteiger partial charge in [-0.05, 0) is 43.3 Å². The van der Waals surface area contributed by atoms with Crippen LogP contribution in [0.4, 0.5) is 5.69 Å². The fourth-order valence-electron chi connectivity index (χ4n) is 3.08. The fourth-order valence-corrected chi connectivity index (χ4v) is 3.08. The first-order valence-electron chi connectivity index (χ1n) is 8.45. The summed E-state index contributed by atoms with van der Waals surface area (Å²) in [7, 11) is 3.17. The molecule has 1 fully saturated rings. The third-order valence-corrected chi connectivity index (χ3v) is 4.62. The second-order valence-corrected chi connectivity index (χ2v) is 6.09. The molecule has 0 spiro atoms. The minimum atomic E-state index is -0.537. The van der Waals surface area contributed by atoms with Crippen molar-refractivity contribution in [3.8, 4) is 11.5 Å². The first-order chi connectivity index (χ1) is 12.5. The van der Waals surface area contributed by atoms with E-state index in [1.807, 2.05) is 24.3 Å². The Morgan fingerprint density at radius 1 is 1.00 bits per heavy atom. The molecule has 1 aliphatic rings. The molecule has 0 radical (unpaired) electrons. The van der Waals surface area contributed by atoms with E-state index in [1.165, 1.54) is 0 Å². The first kappa shape index (κ1) is 17.8. The molecule has 0 saturated carbocycles. The second kappa shape index (κ2) is 7.47. The summed E-state index contributed by atoms with van der Waals surface area (Å²) in [6, 6.07) is 13.8. The molecule has 1 saturated heterocycles.